The number of piperidine rings is 2. The van der Waals surface area contributed by atoms with Crippen LogP contribution in [0.1, 0.15) is 66.7 Å². The third kappa shape index (κ3) is 7.41. The Bertz CT molecular complexity index is 334. The smallest absolute Gasteiger partial charge is 0.0599 e. The Kier molecular flexibility index (Phi) is 8.03. The second kappa shape index (κ2) is 9.54. The molecule has 0 aliphatic carbocycles. The summed E-state index contributed by atoms with van der Waals surface area (Å²) in [5, 5.41) is 0. The lowest BCUT2D eigenvalue weighted by molar-refractivity contribution is -0.00266. The predicted molar refractivity (Wildman–Crippen MR) is 103 cm³/mol. The predicted octanol–water partition coefficient (Wildman–Crippen LogP) is 4.27. The first-order valence-corrected chi connectivity index (χ1v) is 10.4. The van der Waals surface area contributed by atoms with E-state index >= 15 is 0 Å². The number of ether oxygens (including phenoxy) is 1. The van der Waals surface area contributed by atoms with Crippen LogP contribution in [0, 0.1) is 17.3 Å². The molecule has 2 heterocycles. The molecule has 0 radical (unpaired) electrons. The summed E-state index contributed by atoms with van der Waals surface area (Å²) in [4.78, 5) is 5.26. The number of nitrogens with zero attached hydrogens (tertiary/aromatic N) is 2. The Hall–Kier alpha value is -0.120. The summed E-state index contributed by atoms with van der Waals surface area (Å²) in [6.07, 6.45) is 6.93. The normalized spacial score (nSPS) is 23.2. The highest BCUT2D eigenvalue weighted by Gasteiger charge is 2.24. The van der Waals surface area contributed by atoms with E-state index in [0.717, 1.165) is 18.4 Å². The minimum Gasteiger partial charge on any atom is -0.378 e. The molecule has 0 saturated carbocycles. The van der Waals surface area contributed by atoms with Gasteiger partial charge in [-0.05, 0) is 62.4 Å². The molecule has 0 aromatic carbocycles. The van der Waals surface area contributed by atoms with Gasteiger partial charge in [-0.3, -0.25) is 0 Å². The highest BCUT2D eigenvalue weighted by Crippen LogP contribution is 2.24. The van der Waals surface area contributed by atoms with Crippen LogP contribution in [0.25, 0.3) is 0 Å². The molecule has 3 nitrogen and oxygen atoms in total. The van der Waals surface area contributed by atoms with Crippen molar-refractivity contribution in [2.75, 3.05) is 45.9 Å². The number of hydrogen-bond acceptors (Lipinski definition) is 3. The highest BCUT2D eigenvalue weighted by molar-refractivity contribution is 4.77. The fraction of sp³-hybridized carbons (Fsp3) is 1.00. The van der Waals surface area contributed by atoms with Crippen LogP contribution in [0.4, 0.5) is 0 Å². The maximum Gasteiger partial charge on any atom is 0.0599 e. The van der Waals surface area contributed by atoms with E-state index in [1.54, 1.807) is 0 Å². The molecule has 2 fully saturated rings. The third-order valence-electron chi connectivity index (χ3n) is 5.78. The summed E-state index contributed by atoms with van der Waals surface area (Å²) in [5.41, 5.74) is 0.413. The lowest BCUT2D eigenvalue weighted by atomic mass is 9.87. The molecule has 0 unspecified atom stereocenters. The van der Waals surface area contributed by atoms with Crippen LogP contribution < -0.4 is 0 Å². The lowest BCUT2D eigenvalue weighted by Crippen LogP contribution is -2.41. The van der Waals surface area contributed by atoms with Crippen LogP contribution in [-0.2, 0) is 4.74 Å². The standard InChI is InChI=1S/C21H42N2O/c1-18(2)19-7-12-22(13-8-19)11-6-16-24-20-9-14-23(15-10-20)17-21(3,4)5/h18-20H,6-17H2,1-5H3. The number of likely N-dealkylation sites (tertiary alicyclic amines) is 2. The lowest BCUT2D eigenvalue weighted by Gasteiger charge is -2.36. The Labute approximate surface area is 151 Å². The van der Waals surface area contributed by atoms with Gasteiger partial charge in [0.1, 0.15) is 0 Å². The molecule has 0 aromatic heterocycles. The molecular formula is C21H42N2O. The number of rotatable bonds is 7. The van der Waals surface area contributed by atoms with Gasteiger partial charge in [0.15, 0.2) is 0 Å². The molecule has 2 rings (SSSR count). The monoisotopic (exact) mass is 338 g/mol. The molecule has 0 bridgehead atoms. The minimum absolute atomic E-state index is 0.413. The Morgan fingerprint density at radius 3 is 2.04 bits per heavy atom. The molecule has 0 spiro atoms. The first-order valence-electron chi connectivity index (χ1n) is 10.4. The molecule has 0 aromatic rings. The van der Waals surface area contributed by atoms with Crippen molar-refractivity contribution in [2.24, 2.45) is 17.3 Å². The van der Waals surface area contributed by atoms with E-state index in [1.807, 2.05) is 0 Å². The van der Waals surface area contributed by atoms with Gasteiger partial charge in [0.2, 0.25) is 0 Å². The van der Waals surface area contributed by atoms with Gasteiger partial charge in [-0.2, -0.15) is 0 Å². The summed E-state index contributed by atoms with van der Waals surface area (Å²) >= 11 is 0. The van der Waals surface area contributed by atoms with Gasteiger partial charge >= 0.3 is 0 Å². The molecule has 0 atom stereocenters. The van der Waals surface area contributed by atoms with Gasteiger partial charge in [-0.25, -0.2) is 0 Å². The SMILES string of the molecule is CC(C)C1CCN(CCCOC2CCN(CC(C)(C)C)CC2)CC1. The Morgan fingerprint density at radius 2 is 1.50 bits per heavy atom. The van der Waals surface area contributed by atoms with Crippen LogP contribution in [0.5, 0.6) is 0 Å². The average Bonchev–Trinajstić information content (AvgIpc) is 2.52. The summed E-state index contributed by atoms with van der Waals surface area (Å²) in [6.45, 7) is 20.2. The molecular weight excluding hydrogens is 296 g/mol. The van der Waals surface area contributed by atoms with Gasteiger partial charge in [-0.15, -0.1) is 0 Å². The molecule has 2 aliphatic heterocycles. The molecule has 0 N–H and O–H groups in total. The van der Waals surface area contributed by atoms with Crippen LogP contribution >= 0.6 is 0 Å². The van der Waals surface area contributed by atoms with Gasteiger partial charge in [0, 0.05) is 32.8 Å². The van der Waals surface area contributed by atoms with E-state index in [1.165, 1.54) is 71.4 Å². The largest absolute Gasteiger partial charge is 0.378 e. The van der Waals surface area contributed by atoms with Crippen molar-refractivity contribution in [3.05, 3.63) is 0 Å². The van der Waals surface area contributed by atoms with E-state index in [0.29, 0.717) is 11.5 Å². The molecule has 2 aliphatic rings. The fourth-order valence-electron chi connectivity index (χ4n) is 4.29. The van der Waals surface area contributed by atoms with Crippen molar-refractivity contribution in [3.8, 4) is 0 Å². The first-order chi connectivity index (χ1) is 11.3. The zero-order valence-electron chi connectivity index (χ0n) is 17.0. The second-order valence-corrected chi connectivity index (χ2v) is 9.68. The van der Waals surface area contributed by atoms with Crippen LogP contribution in [0.15, 0.2) is 0 Å². The maximum atomic E-state index is 6.16. The van der Waals surface area contributed by atoms with Gasteiger partial charge in [0.25, 0.3) is 0 Å². The van der Waals surface area contributed by atoms with Gasteiger partial charge in [-0.1, -0.05) is 34.6 Å². The average molecular weight is 339 g/mol. The van der Waals surface area contributed by atoms with E-state index in [9.17, 15) is 0 Å². The van der Waals surface area contributed by atoms with Gasteiger partial charge in [0.05, 0.1) is 6.10 Å². The first kappa shape index (κ1) is 20.2. The van der Waals surface area contributed by atoms with Crippen molar-refractivity contribution in [1.82, 2.24) is 9.80 Å². The van der Waals surface area contributed by atoms with E-state index in [-0.39, 0.29) is 0 Å². The summed E-state index contributed by atoms with van der Waals surface area (Å²) in [7, 11) is 0. The second-order valence-electron chi connectivity index (χ2n) is 9.68. The quantitative estimate of drug-likeness (QED) is 0.645. The van der Waals surface area contributed by atoms with Crippen molar-refractivity contribution in [2.45, 2.75) is 72.8 Å². The van der Waals surface area contributed by atoms with Crippen molar-refractivity contribution in [1.29, 1.82) is 0 Å². The van der Waals surface area contributed by atoms with Gasteiger partial charge < -0.3 is 14.5 Å². The minimum atomic E-state index is 0.413. The zero-order chi connectivity index (χ0) is 17.6. The molecule has 2 saturated heterocycles. The molecule has 24 heavy (non-hydrogen) atoms. The number of hydrogen-bond donors (Lipinski definition) is 0. The van der Waals surface area contributed by atoms with Crippen LogP contribution in [0.3, 0.4) is 0 Å². The fourth-order valence-corrected chi connectivity index (χ4v) is 4.29. The topological polar surface area (TPSA) is 15.7 Å². The van der Waals surface area contributed by atoms with E-state index in [2.05, 4.69) is 44.4 Å². The molecule has 0 amide bonds. The zero-order valence-corrected chi connectivity index (χ0v) is 17.0. The van der Waals surface area contributed by atoms with Crippen molar-refractivity contribution in [3.63, 3.8) is 0 Å². The summed E-state index contributed by atoms with van der Waals surface area (Å²) in [6, 6.07) is 0. The third-order valence-corrected chi connectivity index (χ3v) is 5.78. The molecule has 142 valence electrons. The Morgan fingerprint density at radius 1 is 0.917 bits per heavy atom. The van der Waals surface area contributed by atoms with Crippen LogP contribution in [-0.4, -0.2) is 61.8 Å². The summed E-state index contributed by atoms with van der Waals surface area (Å²) < 4.78 is 6.16. The van der Waals surface area contributed by atoms with Crippen molar-refractivity contribution < 1.29 is 4.74 Å². The molecule has 3 heteroatoms. The van der Waals surface area contributed by atoms with E-state index < -0.39 is 0 Å². The highest BCUT2D eigenvalue weighted by atomic mass is 16.5. The maximum absolute atomic E-state index is 6.16. The van der Waals surface area contributed by atoms with Crippen molar-refractivity contribution >= 4 is 0 Å². The van der Waals surface area contributed by atoms with Crippen LogP contribution in [0.2, 0.25) is 0 Å². The summed E-state index contributed by atoms with van der Waals surface area (Å²) in [5.74, 6) is 1.82. The van der Waals surface area contributed by atoms with E-state index in [4.69, 9.17) is 4.74 Å². The Balaban J connectivity index is 1.50.